The second kappa shape index (κ2) is 4.70. The molecule has 0 unspecified atom stereocenters. The van der Waals surface area contributed by atoms with Gasteiger partial charge in [0, 0.05) is 31.0 Å². The summed E-state index contributed by atoms with van der Waals surface area (Å²) in [7, 11) is 1.79. The number of amides is 1. The van der Waals surface area contributed by atoms with Crippen LogP contribution in [0.5, 0.6) is 0 Å². The maximum absolute atomic E-state index is 12.3. The summed E-state index contributed by atoms with van der Waals surface area (Å²) in [5, 5.41) is 4.84. The minimum absolute atomic E-state index is 0.194. The summed E-state index contributed by atoms with van der Waals surface area (Å²) >= 11 is 0. The van der Waals surface area contributed by atoms with Gasteiger partial charge in [-0.3, -0.25) is 9.78 Å². The molecular formula is C15H14N4O. The molecule has 0 fully saturated rings. The zero-order valence-corrected chi connectivity index (χ0v) is 11.0. The third kappa shape index (κ3) is 2.09. The molecule has 20 heavy (non-hydrogen) atoms. The first-order valence-corrected chi connectivity index (χ1v) is 6.21. The number of hydrogen-bond donors (Lipinski definition) is 2. The van der Waals surface area contributed by atoms with Crippen LogP contribution in [0.25, 0.3) is 10.8 Å². The van der Waals surface area contributed by atoms with Crippen molar-refractivity contribution in [2.45, 2.75) is 0 Å². The molecule has 0 atom stereocenters. The normalized spacial score (nSPS) is 10.7. The molecule has 0 saturated heterocycles. The van der Waals surface area contributed by atoms with E-state index in [1.165, 1.54) is 0 Å². The van der Waals surface area contributed by atoms with Crippen molar-refractivity contribution in [2.24, 2.45) is 7.05 Å². The Morgan fingerprint density at radius 2 is 2.20 bits per heavy atom. The molecule has 2 heterocycles. The topological polar surface area (TPSA) is 72.9 Å². The van der Waals surface area contributed by atoms with E-state index in [0.29, 0.717) is 11.4 Å². The van der Waals surface area contributed by atoms with Gasteiger partial charge >= 0.3 is 0 Å². The van der Waals surface area contributed by atoms with Crippen molar-refractivity contribution in [3.8, 4) is 0 Å². The number of nitrogen functional groups attached to an aromatic ring is 1. The molecule has 5 nitrogen and oxygen atoms in total. The Hall–Kier alpha value is -2.82. The SMILES string of the molecule is Cn1cc(N)cc1C(=O)Nc1cccc2ccncc12. The van der Waals surface area contributed by atoms with Gasteiger partial charge in [-0.05, 0) is 23.6 Å². The number of benzene rings is 1. The summed E-state index contributed by atoms with van der Waals surface area (Å²) in [5.74, 6) is -0.194. The molecule has 0 radical (unpaired) electrons. The van der Waals surface area contributed by atoms with Crippen molar-refractivity contribution in [3.05, 3.63) is 54.6 Å². The third-order valence-electron chi connectivity index (χ3n) is 3.19. The van der Waals surface area contributed by atoms with E-state index in [9.17, 15) is 4.79 Å². The van der Waals surface area contributed by atoms with Gasteiger partial charge < -0.3 is 15.6 Å². The Morgan fingerprint density at radius 3 is 2.95 bits per heavy atom. The maximum Gasteiger partial charge on any atom is 0.272 e. The number of rotatable bonds is 2. The predicted molar refractivity (Wildman–Crippen MR) is 79.5 cm³/mol. The van der Waals surface area contributed by atoms with Crippen molar-refractivity contribution < 1.29 is 4.79 Å². The number of nitrogens with one attached hydrogen (secondary N) is 1. The molecule has 1 amide bonds. The number of carbonyl (C=O) groups excluding carboxylic acids is 1. The third-order valence-corrected chi connectivity index (χ3v) is 3.19. The lowest BCUT2D eigenvalue weighted by molar-refractivity contribution is 0.101. The van der Waals surface area contributed by atoms with Gasteiger partial charge in [0.25, 0.3) is 5.91 Å². The maximum atomic E-state index is 12.3. The lowest BCUT2D eigenvalue weighted by Gasteiger charge is -2.08. The van der Waals surface area contributed by atoms with Crippen LogP contribution < -0.4 is 11.1 Å². The first-order valence-electron chi connectivity index (χ1n) is 6.21. The van der Waals surface area contributed by atoms with Crippen molar-refractivity contribution >= 4 is 28.1 Å². The molecule has 0 aliphatic rings. The van der Waals surface area contributed by atoms with Crippen LogP contribution in [-0.4, -0.2) is 15.5 Å². The molecule has 100 valence electrons. The largest absolute Gasteiger partial charge is 0.397 e. The number of aromatic nitrogens is 2. The van der Waals surface area contributed by atoms with E-state index in [0.717, 1.165) is 16.5 Å². The molecule has 0 saturated carbocycles. The van der Waals surface area contributed by atoms with Crippen molar-refractivity contribution in [2.75, 3.05) is 11.1 Å². The Kier molecular flexibility index (Phi) is 2.87. The summed E-state index contributed by atoms with van der Waals surface area (Å²) in [5.41, 5.74) is 7.51. The zero-order chi connectivity index (χ0) is 14.1. The van der Waals surface area contributed by atoms with E-state index in [-0.39, 0.29) is 5.91 Å². The number of pyridine rings is 1. The van der Waals surface area contributed by atoms with Gasteiger partial charge in [0.1, 0.15) is 5.69 Å². The van der Waals surface area contributed by atoms with Crippen LogP contribution in [0, 0.1) is 0 Å². The fourth-order valence-electron chi connectivity index (χ4n) is 2.22. The first kappa shape index (κ1) is 12.2. The summed E-state index contributed by atoms with van der Waals surface area (Å²) in [4.78, 5) is 16.4. The van der Waals surface area contributed by atoms with Gasteiger partial charge in [0.2, 0.25) is 0 Å². The van der Waals surface area contributed by atoms with Crippen LogP contribution in [0.3, 0.4) is 0 Å². The molecule has 0 bridgehead atoms. The van der Waals surface area contributed by atoms with E-state index in [1.54, 1.807) is 36.3 Å². The number of nitrogens with two attached hydrogens (primary N) is 1. The fraction of sp³-hybridized carbons (Fsp3) is 0.0667. The molecule has 5 heteroatoms. The number of aryl methyl sites for hydroxylation is 1. The van der Waals surface area contributed by atoms with Gasteiger partial charge in [-0.1, -0.05) is 12.1 Å². The van der Waals surface area contributed by atoms with Crippen LogP contribution in [0.4, 0.5) is 11.4 Å². The van der Waals surface area contributed by atoms with Gasteiger partial charge in [0.15, 0.2) is 0 Å². The molecular weight excluding hydrogens is 252 g/mol. The molecule has 3 N–H and O–H groups in total. The van der Waals surface area contributed by atoms with E-state index < -0.39 is 0 Å². The number of anilines is 2. The van der Waals surface area contributed by atoms with Crippen molar-refractivity contribution in [3.63, 3.8) is 0 Å². The van der Waals surface area contributed by atoms with E-state index in [4.69, 9.17) is 5.73 Å². The molecule has 0 aliphatic carbocycles. The lowest BCUT2D eigenvalue weighted by atomic mass is 10.1. The van der Waals surface area contributed by atoms with E-state index in [2.05, 4.69) is 10.3 Å². The molecule has 1 aromatic carbocycles. The molecule has 3 rings (SSSR count). The van der Waals surface area contributed by atoms with Crippen molar-refractivity contribution in [1.29, 1.82) is 0 Å². The van der Waals surface area contributed by atoms with Gasteiger partial charge in [-0.25, -0.2) is 0 Å². The number of nitrogens with zero attached hydrogens (tertiary/aromatic N) is 2. The quantitative estimate of drug-likeness (QED) is 0.748. The minimum Gasteiger partial charge on any atom is -0.397 e. The summed E-state index contributed by atoms with van der Waals surface area (Å²) in [6.45, 7) is 0. The summed E-state index contributed by atoms with van der Waals surface area (Å²) in [6, 6.07) is 9.29. The van der Waals surface area contributed by atoms with Crippen LogP contribution in [0.1, 0.15) is 10.5 Å². The summed E-state index contributed by atoms with van der Waals surface area (Å²) in [6.07, 6.45) is 5.18. The van der Waals surface area contributed by atoms with Crippen molar-refractivity contribution in [1.82, 2.24) is 9.55 Å². The minimum atomic E-state index is -0.194. The van der Waals surface area contributed by atoms with Crippen LogP contribution >= 0.6 is 0 Å². The molecule has 2 aromatic heterocycles. The smallest absolute Gasteiger partial charge is 0.272 e. The molecule has 0 aliphatic heterocycles. The zero-order valence-electron chi connectivity index (χ0n) is 11.0. The Balaban J connectivity index is 1.97. The molecule has 0 spiro atoms. The number of fused-ring (bicyclic) bond motifs is 1. The van der Waals surface area contributed by atoms with E-state index >= 15 is 0 Å². The second-order valence-corrected chi connectivity index (χ2v) is 4.63. The highest BCUT2D eigenvalue weighted by Crippen LogP contribution is 2.23. The fourth-order valence-corrected chi connectivity index (χ4v) is 2.22. The van der Waals surface area contributed by atoms with Crippen LogP contribution in [-0.2, 0) is 7.05 Å². The van der Waals surface area contributed by atoms with Crippen LogP contribution in [0.15, 0.2) is 48.9 Å². The monoisotopic (exact) mass is 266 g/mol. The average Bonchev–Trinajstić information content (AvgIpc) is 2.78. The number of carbonyl (C=O) groups is 1. The standard InChI is InChI=1S/C15H14N4O/c1-19-9-11(16)7-14(19)15(20)18-13-4-2-3-10-5-6-17-8-12(10)13/h2-9H,16H2,1H3,(H,18,20). The predicted octanol–water partition coefficient (Wildman–Crippen LogP) is 2.41. The van der Waals surface area contributed by atoms with Gasteiger partial charge in [-0.15, -0.1) is 0 Å². The van der Waals surface area contributed by atoms with Gasteiger partial charge in [0.05, 0.1) is 11.4 Å². The first-order chi connectivity index (χ1) is 9.65. The highest BCUT2D eigenvalue weighted by Gasteiger charge is 2.12. The Bertz CT molecular complexity index is 786. The number of hydrogen-bond acceptors (Lipinski definition) is 3. The second-order valence-electron chi connectivity index (χ2n) is 4.63. The highest BCUT2D eigenvalue weighted by molar-refractivity contribution is 6.08. The summed E-state index contributed by atoms with van der Waals surface area (Å²) < 4.78 is 1.70. The Labute approximate surface area is 116 Å². The Morgan fingerprint density at radius 1 is 1.35 bits per heavy atom. The van der Waals surface area contributed by atoms with Crippen LogP contribution in [0.2, 0.25) is 0 Å². The lowest BCUT2D eigenvalue weighted by Crippen LogP contribution is -2.15. The van der Waals surface area contributed by atoms with E-state index in [1.807, 2.05) is 24.3 Å². The highest BCUT2D eigenvalue weighted by atomic mass is 16.1. The average molecular weight is 266 g/mol. The molecule has 3 aromatic rings. The van der Waals surface area contributed by atoms with Gasteiger partial charge in [-0.2, -0.15) is 0 Å².